The van der Waals surface area contributed by atoms with Crippen LogP contribution < -0.4 is 10.5 Å². The predicted molar refractivity (Wildman–Crippen MR) is 93.7 cm³/mol. The van der Waals surface area contributed by atoms with E-state index in [1.54, 1.807) is 18.2 Å². The normalized spacial score (nSPS) is 18.0. The molecule has 0 spiro atoms. The van der Waals surface area contributed by atoms with Crippen molar-refractivity contribution in [1.82, 2.24) is 5.32 Å². The second-order valence-corrected chi connectivity index (χ2v) is 8.10. The summed E-state index contributed by atoms with van der Waals surface area (Å²) in [5.41, 5.74) is 2.72. The quantitative estimate of drug-likeness (QED) is 0.561. The van der Waals surface area contributed by atoms with E-state index in [1.165, 1.54) is 12.1 Å². The summed E-state index contributed by atoms with van der Waals surface area (Å²) in [7, 11) is -3.73. The summed E-state index contributed by atoms with van der Waals surface area (Å²) in [6, 6.07) is 7.97. The van der Waals surface area contributed by atoms with Crippen molar-refractivity contribution in [2.24, 2.45) is 5.14 Å². The number of benzene rings is 2. The lowest BCUT2D eigenvalue weighted by atomic mass is 9.88. The number of nitrogens with one attached hydrogen (secondary N) is 1. The maximum atomic E-state index is 11.4. The molecule has 0 fully saturated rings. The zero-order chi connectivity index (χ0) is 17.5. The van der Waals surface area contributed by atoms with Crippen molar-refractivity contribution in [3.63, 3.8) is 0 Å². The Bertz CT molecular complexity index is 882. The van der Waals surface area contributed by atoms with E-state index in [0.717, 1.165) is 23.2 Å². The zero-order valence-corrected chi connectivity index (χ0v) is 15.1. The Labute approximate surface area is 148 Å². The minimum absolute atomic E-state index is 0.0581. The van der Waals surface area contributed by atoms with Crippen LogP contribution in [-0.2, 0) is 16.4 Å². The van der Waals surface area contributed by atoms with Gasteiger partial charge in [-0.25, -0.2) is 13.6 Å². The molecule has 0 bridgehead atoms. The van der Waals surface area contributed by atoms with E-state index in [-0.39, 0.29) is 22.3 Å². The Morgan fingerprint density at radius 2 is 1.88 bits per heavy atom. The first-order chi connectivity index (χ1) is 11.3. The highest BCUT2D eigenvalue weighted by molar-refractivity contribution is 9.10. The molecule has 1 unspecified atom stereocenters. The molecule has 128 valence electrons. The van der Waals surface area contributed by atoms with Crippen LogP contribution in [0.5, 0.6) is 11.5 Å². The number of nitrogens with two attached hydrogens (primary N) is 1. The molecule has 3 rings (SSSR count). The number of halogens is 1. The van der Waals surface area contributed by atoms with Gasteiger partial charge in [-0.05, 0) is 63.8 Å². The first kappa shape index (κ1) is 17.2. The minimum Gasteiger partial charge on any atom is -0.504 e. The average Bonchev–Trinajstić information content (AvgIpc) is 2.74. The van der Waals surface area contributed by atoms with E-state index in [1.807, 2.05) is 0 Å². The molecule has 0 aromatic heterocycles. The molecule has 1 heterocycles. The number of aromatic hydroxyl groups is 2. The van der Waals surface area contributed by atoms with E-state index < -0.39 is 10.0 Å². The van der Waals surface area contributed by atoms with Crippen LogP contribution in [0.4, 0.5) is 0 Å². The summed E-state index contributed by atoms with van der Waals surface area (Å²) in [5, 5.41) is 28.4. The van der Waals surface area contributed by atoms with Crippen molar-refractivity contribution in [3.8, 4) is 11.5 Å². The topological polar surface area (TPSA) is 113 Å². The van der Waals surface area contributed by atoms with Crippen LogP contribution in [0, 0.1) is 0 Å². The number of fused-ring (bicyclic) bond motifs is 1. The van der Waals surface area contributed by atoms with Gasteiger partial charge in [-0.1, -0.05) is 12.1 Å². The van der Waals surface area contributed by atoms with Gasteiger partial charge in [0.05, 0.1) is 9.37 Å². The van der Waals surface area contributed by atoms with Crippen molar-refractivity contribution in [2.45, 2.75) is 17.2 Å². The van der Waals surface area contributed by atoms with Gasteiger partial charge in [-0.3, -0.25) is 0 Å². The second kappa shape index (κ2) is 6.36. The summed E-state index contributed by atoms with van der Waals surface area (Å²) in [4.78, 5) is 0.0581. The third kappa shape index (κ3) is 3.14. The van der Waals surface area contributed by atoms with Gasteiger partial charge in [0.2, 0.25) is 10.0 Å². The largest absolute Gasteiger partial charge is 0.504 e. The smallest absolute Gasteiger partial charge is 0.238 e. The number of hydrogen-bond donors (Lipinski definition) is 4. The molecule has 6 nitrogen and oxygen atoms in total. The van der Waals surface area contributed by atoms with Crippen LogP contribution in [0.25, 0.3) is 0 Å². The SMILES string of the molecule is NS(=O)(=O)c1ccc(C2CNCCc3c2cc(O)c(O)c3Br)cc1. The van der Waals surface area contributed by atoms with Gasteiger partial charge in [0.1, 0.15) is 0 Å². The van der Waals surface area contributed by atoms with Crippen molar-refractivity contribution in [1.29, 1.82) is 0 Å². The number of hydrogen-bond acceptors (Lipinski definition) is 5. The molecule has 5 N–H and O–H groups in total. The predicted octanol–water partition coefficient (Wildman–Crippen LogP) is 1.79. The Kier molecular flexibility index (Phi) is 4.56. The molecule has 1 atom stereocenters. The molecule has 1 aliphatic heterocycles. The lowest BCUT2D eigenvalue weighted by Gasteiger charge is -2.20. The van der Waals surface area contributed by atoms with Crippen molar-refractivity contribution in [3.05, 3.63) is 51.5 Å². The van der Waals surface area contributed by atoms with Crippen molar-refractivity contribution < 1.29 is 18.6 Å². The Morgan fingerprint density at radius 3 is 2.50 bits per heavy atom. The summed E-state index contributed by atoms with van der Waals surface area (Å²) in [6.07, 6.45) is 0.704. The molecular formula is C16H17BrN2O4S. The molecule has 0 radical (unpaired) electrons. The third-order valence-corrected chi connectivity index (χ3v) is 6.03. The van der Waals surface area contributed by atoms with E-state index in [0.29, 0.717) is 17.4 Å². The minimum atomic E-state index is -3.73. The van der Waals surface area contributed by atoms with E-state index in [2.05, 4.69) is 21.2 Å². The zero-order valence-electron chi connectivity index (χ0n) is 12.7. The first-order valence-corrected chi connectivity index (χ1v) is 9.69. The Balaban J connectivity index is 2.10. The molecule has 8 heteroatoms. The Hall–Kier alpha value is -1.61. The van der Waals surface area contributed by atoms with Gasteiger partial charge in [-0.15, -0.1) is 0 Å². The number of phenolic OH excluding ortho intramolecular Hbond substituents is 2. The van der Waals surface area contributed by atoms with Gasteiger partial charge in [-0.2, -0.15) is 0 Å². The summed E-state index contributed by atoms with van der Waals surface area (Å²) >= 11 is 3.36. The molecule has 0 amide bonds. The number of rotatable bonds is 2. The average molecular weight is 413 g/mol. The van der Waals surface area contributed by atoms with Crippen LogP contribution in [-0.4, -0.2) is 31.7 Å². The van der Waals surface area contributed by atoms with Crippen LogP contribution in [0.1, 0.15) is 22.6 Å². The Morgan fingerprint density at radius 1 is 1.21 bits per heavy atom. The molecule has 0 aliphatic carbocycles. The van der Waals surface area contributed by atoms with Crippen LogP contribution in [0.2, 0.25) is 0 Å². The van der Waals surface area contributed by atoms with Gasteiger partial charge in [0.15, 0.2) is 11.5 Å². The van der Waals surface area contributed by atoms with E-state index in [4.69, 9.17) is 5.14 Å². The highest BCUT2D eigenvalue weighted by atomic mass is 79.9. The maximum absolute atomic E-state index is 11.4. The second-order valence-electron chi connectivity index (χ2n) is 5.75. The molecule has 0 saturated heterocycles. The van der Waals surface area contributed by atoms with E-state index in [9.17, 15) is 18.6 Å². The summed E-state index contributed by atoms with van der Waals surface area (Å²) in [6.45, 7) is 1.37. The molecular weight excluding hydrogens is 396 g/mol. The van der Waals surface area contributed by atoms with Crippen molar-refractivity contribution in [2.75, 3.05) is 13.1 Å². The standard InChI is InChI=1S/C16H17BrN2O4S/c17-15-11-5-6-19-8-13(12(11)7-14(20)16(15)21)9-1-3-10(4-2-9)24(18,22)23/h1-4,7,13,19-21H,5-6,8H2,(H2,18,22,23). The third-order valence-electron chi connectivity index (χ3n) is 4.24. The highest BCUT2D eigenvalue weighted by Crippen LogP contribution is 2.42. The maximum Gasteiger partial charge on any atom is 0.238 e. The van der Waals surface area contributed by atoms with Crippen LogP contribution in [0.15, 0.2) is 39.7 Å². The fraction of sp³-hybridized carbons (Fsp3) is 0.250. The fourth-order valence-electron chi connectivity index (χ4n) is 3.01. The van der Waals surface area contributed by atoms with Gasteiger partial charge >= 0.3 is 0 Å². The number of sulfonamides is 1. The lowest BCUT2D eigenvalue weighted by molar-refractivity contribution is 0.400. The van der Waals surface area contributed by atoms with Gasteiger partial charge in [0, 0.05) is 12.5 Å². The molecule has 1 aliphatic rings. The van der Waals surface area contributed by atoms with Gasteiger partial charge < -0.3 is 15.5 Å². The number of phenols is 2. The summed E-state index contributed by atoms with van der Waals surface area (Å²) in [5.74, 6) is -0.438. The van der Waals surface area contributed by atoms with E-state index >= 15 is 0 Å². The highest BCUT2D eigenvalue weighted by Gasteiger charge is 2.25. The molecule has 2 aromatic carbocycles. The first-order valence-electron chi connectivity index (χ1n) is 7.35. The lowest BCUT2D eigenvalue weighted by Crippen LogP contribution is -2.21. The summed E-state index contributed by atoms with van der Waals surface area (Å²) < 4.78 is 23.3. The molecule has 2 aromatic rings. The molecule has 0 saturated carbocycles. The van der Waals surface area contributed by atoms with Crippen molar-refractivity contribution >= 4 is 26.0 Å². The van der Waals surface area contributed by atoms with Crippen LogP contribution in [0.3, 0.4) is 0 Å². The van der Waals surface area contributed by atoms with Crippen LogP contribution >= 0.6 is 15.9 Å². The fourth-order valence-corrected chi connectivity index (χ4v) is 4.15. The monoisotopic (exact) mass is 412 g/mol. The number of primary sulfonamides is 1. The molecule has 24 heavy (non-hydrogen) atoms. The van der Waals surface area contributed by atoms with Gasteiger partial charge in [0.25, 0.3) is 0 Å².